The molecule has 0 unspecified atom stereocenters. The standard InChI is InChI=1S/C22H25FN6O/c1-11-9-16-21(28-20(11)12-5-7-29(2)8-6-12)17(19(26)22(30)27-16)13-3-4-15(23)18(25)14(13)10-24/h3-4,9-10,12,24H,5-8,25-26H2,1-2H3,(H,27,30). The van der Waals surface area contributed by atoms with Gasteiger partial charge in [0.25, 0.3) is 5.56 Å². The fraction of sp³-hybridized carbons (Fsp3) is 0.318. The molecule has 1 aliphatic rings. The highest BCUT2D eigenvalue weighted by Crippen LogP contribution is 2.37. The Morgan fingerprint density at radius 3 is 2.63 bits per heavy atom. The number of H-pyrrole nitrogens is 1. The Morgan fingerprint density at radius 2 is 1.97 bits per heavy atom. The molecule has 8 heteroatoms. The maximum atomic E-state index is 14.0. The third kappa shape index (κ3) is 3.23. The lowest BCUT2D eigenvalue weighted by Crippen LogP contribution is -2.30. The van der Waals surface area contributed by atoms with E-state index in [2.05, 4.69) is 16.9 Å². The summed E-state index contributed by atoms with van der Waals surface area (Å²) < 4.78 is 14.0. The van der Waals surface area contributed by atoms with Crippen LogP contribution in [0.3, 0.4) is 0 Å². The molecule has 0 spiro atoms. The topological polar surface area (TPSA) is 125 Å². The minimum atomic E-state index is -0.624. The number of anilines is 2. The molecule has 0 atom stereocenters. The molecule has 1 saturated heterocycles. The minimum absolute atomic E-state index is 0.0257. The van der Waals surface area contributed by atoms with Gasteiger partial charge in [-0.15, -0.1) is 0 Å². The van der Waals surface area contributed by atoms with Crippen molar-refractivity contribution in [2.45, 2.75) is 25.7 Å². The molecule has 30 heavy (non-hydrogen) atoms. The van der Waals surface area contributed by atoms with Crippen molar-refractivity contribution in [3.05, 3.63) is 51.2 Å². The van der Waals surface area contributed by atoms with Crippen molar-refractivity contribution in [3.8, 4) is 11.1 Å². The Labute approximate surface area is 173 Å². The normalized spacial score (nSPS) is 15.6. The predicted molar refractivity (Wildman–Crippen MR) is 119 cm³/mol. The van der Waals surface area contributed by atoms with Crippen LogP contribution >= 0.6 is 0 Å². The number of halogens is 1. The van der Waals surface area contributed by atoms with E-state index < -0.39 is 11.4 Å². The van der Waals surface area contributed by atoms with Crippen molar-refractivity contribution in [1.82, 2.24) is 14.9 Å². The number of aromatic amines is 1. The van der Waals surface area contributed by atoms with Crippen LogP contribution in [0.15, 0.2) is 23.0 Å². The van der Waals surface area contributed by atoms with Gasteiger partial charge < -0.3 is 26.8 Å². The number of rotatable bonds is 3. The zero-order valence-electron chi connectivity index (χ0n) is 17.1. The molecule has 1 aliphatic heterocycles. The van der Waals surface area contributed by atoms with E-state index in [-0.39, 0.29) is 16.9 Å². The van der Waals surface area contributed by atoms with E-state index in [9.17, 15) is 9.18 Å². The van der Waals surface area contributed by atoms with Crippen LogP contribution in [0.4, 0.5) is 15.8 Å². The number of nitrogen functional groups attached to an aromatic ring is 2. The summed E-state index contributed by atoms with van der Waals surface area (Å²) in [4.78, 5) is 22.6. The van der Waals surface area contributed by atoms with Crippen LogP contribution in [-0.2, 0) is 0 Å². The molecule has 156 valence electrons. The highest BCUT2D eigenvalue weighted by Gasteiger charge is 2.24. The van der Waals surface area contributed by atoms with Crippen molar-refractivity contribution in [3.63, 3.8) is 0 Å². The number of piperidine rings is 1. The van der Waals surface area contributed by atoms with Crippen LogP contribution in [0.2, 0.25) is 0 Å². The summed E-state index contributed by atoms with van der Waals surface area (Å²) in [6.07, 6.45) is 2.98. The Bertz CT molecular complexity index is 1210. The average molecular weight is 408 g/mol. The number of aryl methyl sites for hydroxylation is 1. The third-order valence-corrected chi connectivity index (χ3v) is 6.00. The van der Waals surface area contributed by atoms with Gasteiger partial charge in [0.05, 0.1) is 16.7 Å². The number of aromatic nitrogens is 2. The number of hydrogen-bond donors (Lipinski definition) is 4. The molecule has 3 aromatic rings. The molecule has 6 N–H and O–H groups in total. The first-order valence-electron chi connectivity index (χ1n) is 9.92. The van der Waals surface area contributed by atoms with Gasteiger partial charge >= 0.3 is 0 Å². The van der Waals surface area contributed by atoms with Gasteiger partial charge in [0.1, 0.15) is 11.5 Å². The van der Waals surface area contributed by atoms with Crippen molar-refractivity contribution < 1.29 is 4.39 Å². The molecular formula is C22H25FN6O. The lowest BCUT2D eigenvalue weighted by atomic mass is 9.90. The second-order valence-corrected chi connectivity index (χ2v) is 7.97. The Hall–Kier alpha value is -3.26. The number of fused-ring (bicyclic) bond motifs is 1. The van der Waals surface area contributed by atoms with Crippen LogP contribution in [0.1, 0.15) is 35.6 Å². The Kier molecular flexibility index (Phi) is 5.03. The number of nitrogens with two attached hydrogens (primary N) is 2. The molecule has 4 rings (SSSR count). The quantitative estimate of drug-likeness (QED) is 0.392. The third-order valence-electron chi connectivity index (χ3n) is 6.00. The lowest BCUT2D eigenvalue weighted by Gasteiger charge is -2.29. The zero-order valence-corrected chi connectivity index (χ0v) is 17.1. The van der Waals surface area contributed by atoms with Crippen LogP contribution in [-0.4, -0.2) is 41.2 Å². The fourth-order valence-electron chi connectivity index (χ4n) is 4.30. The van der Waals surface area contributed by atoms with Gasteiger partial charge in [0.2, 0.25) is 0 Å². The van der Waals surface area contributed by atoms with Crippen molar-refractivity contribution >= 4 is 28.6 Å². The van der Waals surface area contributed by atoms with Gasteiger partial charge in [-0.2, -0.15) is 0 Å². The van der Waals surface area contributed by atoms with Crippen molar-refractivity contribution in [2.75, 3.05) is 31.6 Å². The first-order chi connectivity index (χ1) is 14.3. The summed E-state index contributed by atoms with van der Waals surface area (Å²) in [7, 11) is 2.11. The Morgan fingerprint density at radius 1 is 1.27 bits per heavy atom. The van der Waals surface area contributed by atoms with Gasteiger partial charge in [-0.05, 0) is 63.2 Å². The van der Waals surface area contributed by atoms with Crippen molar-refractivity contribution in [2.24, 2.45) is 0 Å². The molecule has 1 aromatic carbocycles. The monoisotopic (exact) mass is 408 g/mol. The largest absolute Gasteiger partial charge is 0.396 e. The second-order valence-electron chi connectivity index (χ2n) is 7.97. The van der Waals surface area contributed by atoms with Crippen LogP contribution < -0.4 is 17.0 Å². The number of benzene rings is 1. The van der Waals surface area contributed by atoms with Crippen LogP contribution in [0.5, 0.6) is 0 Å². The van der Waals surface area contributed by atoms with E-state index in [4.69, 9.17) is 21.9 Å². The zero-order chi connectivity index (χ0) is 21.6. The highest BCUT2D eigenvalue weighted by molar-refractivity contribution is 6.05. The van der Waals surface area contributed by atoms with Gasteiger partial charge in [0, 0.05) is 29.0 Å². The molecule has 0 aliphatic carbocycles. The summed E-state index contributed by atoms with van der Waals surface area (Å²) in [6.45, 7) is 3.99. The SMILES string of the molecule is Cc1cc2[nH]c(=O)c(N)c(-c3ccc(F)c(N)c3C=N)c2nc1C1CCN(C)CC1. The van der Waals surface area contributed by atoms with E-state index in [1.54, 1.807) is 0 Å². The second kappa shape index (κ2) is 7.53. The number of nitrogens with zero attached hydrogens (tertiary/aromatic N) is 2. The first kappa shape index (κ1) is 20.0. The van der Waals surface area contributed by atoms with Gasteiger partial charge in [-0.1, -0.05) is 6.07 Å². The molecule has 0 saturated carbocycles. The number of likely N-dealkylation sites (tertiary alicyclic amines) is 1. The maximum Gasteiger partial charge on any atom is 0.272 e. The summed E-state index contributed by atoms with van der Waals surface area (Å²) in [5.74, 6) is -0.312. The number of hydrogen-bond acceptors (Lipinski definition) is 6. The molecule has 1 fully saturated rings. The van der Waals surface area contributed by atoms with Gasteiger partial charge in [-0.3, -0.25) is 4.79 Å². The molecule has 3 heterocycles. The van der Waals surface area contributed by atoms with Crippen LogP contribution in [0.25, 0.3) is 22.2 Å². The van der Waals surface area contributed by atoms with Crippen LogP contribution in [0, 0.1) is 18.2 Å². The molecule has 0 amide bonds. The molecule has 0 radical (unpaired) electrons. The van der Waals surface area contributed by atoms with E-state index in [0.29, 0.717) is 28.1 Å². The molecule has 2 aromatic heterocycles. The highest BCUT2D eigenvalue weighted by atomic mass is 19.1. The van der Waals surface area contributed by atoms with Gasteiger partial charge in [-0.25, -0.2) is 9.37 Å². The minimum Gasteiger partial charge on any atom is -0.396 e. The van der Waals surface area contributed by atoms with Crippen molar-refractivity contribution in [1.29, 1.82) is 5.41 Å². The number of nitrogens with one attached hydrogen (secondary N) is 2. The molecular weight excluding hydrogens is 383 g/mol. The Balaban J connectivity index is 2.01. The molecule has 7 nitrogen and oxygen atoms in total. The summed E-state index contributed by atoms with van der Waals surface area (Å²) in [6, 6.07) is 4.63. The van der Waals surface area contributed by atoms with E-state index in [1.165, 1.54) is 12.1 Å². The number of pyridine rings is 2. The first-order valence-corrected chi connectivity index (χ1v) is 9.92. The van der Waals surface area contributed by atoms with E-state index >= 15 is 0 Å². The summed E-state index contributed by atoms with van der Waals surface area (Å²) in [5.41, 5.74) is 15.5. The smallest absolute Gasteiger partial charge is 0.272 e. The van der Waals surface area contributed by atoms with Gasteiger partial charge in [0.15, 0.2) is 0 Å². The lowest BCUT2D eigenvalue weighted by molar-refractivity contribution is 0.253. The molecule has 0 bridgehead atoms. The summed E-state index contributed by atoms with van der Waals surface area (Å²) >= 11 is 0. The predicted octanol–water partition coefficient (Wildman–Crippen LogP) is 3.01. The average Bonchev–Trinajstić information content (AvgIpc) is 2.72. The van der Waals surface area contributed by atoms with E-state index in [0.717, 1.165) is 43.4 Å². The summed E-state index contributed by atoms with van der Waals surface area (Å²) in [5, 5.41) is 7.74. The fourth-order valence-corrected chi connectivity index (χ4v) is 4.30. The van der Waals surface area contributed by atoms with E-state index in [1.807, 2.05) is 13.0 Å². The maximum absolute atomic E-state index is 14.0.